The molecular formula is C23H17NO2. The highest BCUT2D eigenvalue weighted by molar-refractivity contribution is 5.90. The van der Waals surface area contributed by atoms with Gasteiger partial charge in [-0.05, 0) is 29.1 Å². The first-order valence-electron chi connectivity index (χ1n) is 8.47. The molecule has 0 aliphatic carbocycles. The maximum atomic E-state index is 12.7. The van der Waals surface area contributed by atoms with Crippen molar-refractivity contribution >= 4 is 16.7 Å². The second kappa shape index (κ2) is 7.19. The van der Waals surface area contributed by atoms with E-state index in [2.05, 4.69) is 4.98 Å². The number of hydrogen-bond donors (Lipinski definition) is 0. The summed E-state index contributed by atoms with van der Waals surface area (Å²) < 4.78 is 5.92. The number of carbonyl (C=O) groups excluding carboxylic acids is 1. The Kier molecular flexibility index (Phi) is 4.44. The largest absolute Gasteiger partial charge is 0.447 e. The van der Waals surface area contributed by atoms with Crippen LogP contribution in [0.4, 0.5) is 0 Å². The Balaban J connectivity index is 1.80. The van der Waals surface area contributed by atoms with Crippen LogP contribution in [0.2, 0.25) is 0 Å². The van der Waals surface area contributed by atoms with Crippen molar-refractivity contribution in [2.24, 2.45) is 0 Å². The standard InChI is InChI=1S/C23H17NO2/c25-23(19-12-5-2-6-13-19)26-22(18-10-3-1-4-11-18)21-20-14-8-7-9-17(20)15-16-24-21/h1-16,22H/t22-/m1/s1. The Hall–Kier alpha value is -3.46. The average molecular weight is 339 g/mol. The molecule has 0 fully saturated rings. The van der Waals surface area contributed by atoms with E-state index in [1.54, 1.807) is 18.3 Å². The molecule has 4 aromatic rings. The van der Waals surface area contributed by atoms with Gasteiger partial charge >= 0.3 is 5.97 Å². The maximum Gasteiger partial charge on any atom is 0.339 e. The Bertz CT molecular complexity index is 1020. The van der Waals surface area contributed by atoms with E-state index in [1.807, 2.05) is 78.9 Å². The van der Waals surface area contributed by atoms with Crippen LogP contribution in [0.5, 0.6) is 0 Å². The number of hydrogen-bond acceptors (Lipinski definition) is 3. The summed E-state index contributed by atoms with van der Waals surface area (Å²) in [5.74, 6) is -0.366. The summed E-state index contributed by atoms with van der Waals surface area (Å²) in [6, 6.07) is 28.7. The Morgan fingerprint density at radius 3 is 2.19 bits per heavy atom. The summed E-state index contributed by atoms with van der Waals surface area (Å²) in [7, 11) is 0. The van der Waals surface area contributed by atoms with Crippen LogP contribution in [0.1, 0.15) is 27.7 Å². The predicted molar refractivity (Wildman–Crippen MR) is 102 cm³/mol. The van der Waals surface area contributed by atoms with Gasteiger partial charge in [-0.3, -0.25) is 4.98 Å². The molecule has 0 aliphatic rings. The van der Waals surface area contributed by atoms with Crippen LogP contribution in [0.25, 0.3) is 10.8 Å². The molecule has 26 heavy (non-hydrogen) atoms. The lowest BCUT2D eigenvalue weighted by molar-refractivity contribution is 0.0373. The van der Waals surface area contributed by atoms with Gasteiger partial charge in [-0.2, -0.15) is 0 Å². The maximum absolute atomic E-state index is 12.7. The molecule has 3 heteroatoms. The molecule has 0 bridgehead atoms. The summed E-state index contributed by atoms with van der Waals surface area (Å²) in [6.07, 6.45) is 1.18. The lowest BCUT2D eigenvalue weighted by Crippen LogP contribution is -2.14. The number of fused-ring (bicyclic) bond motifs is 1. The number of aromatic nitrogens is 1. The zero-order valence-electron chi connectivity index (χ0n) is 14.1. The third-order valence-electron chi connectivity index (χ3n) is 4.29. The van der Waals surface area contributed by atoms with Crippen LogP contribution in [0.3, 0.4) is 0 Å². The Morgan fingerprint density at radius 1 is 0.769 bits per heavy atom. The number of esters is 1. The van der Waals surface area contributed by atoms with Gasteiger partial charge in [0.15, 0.2) is 6.10 Å². The van der Waals surface area contributed by atoms with E-state index in [9.17, 15) is 4.79 Å². The average Bonchev–Trinajstić information content (AvgIpc) is 2.73. The quantitative estimate of drug-likeness (QED) is 0.481. The number of nitrogens with zero attached hydrogens (tertiary/aromatic N) is 1. The fourth-order valence-electron chi connectivity index (χ4n) is 3.01. The second-order valence-corrected chi connectivity index (χ2v) is 5.98. The first kappa shape index (κ1) is 16.0. The van der Waals surface area contributed by atoms with Gasteiger partial charge in [0.2, 0.25) is 0 Å². The fraction of sp³-hybridized carbons (Fsp3) is 0.0435. The molecule has 3 aromatic carbocycles. The van der Waals surface area contributed by atoms with Crippen LogP contribution in [-0.4, -0.2) is 11.0 Å². The lowest BCUT2D eigenvalue weighted by Gasteiger charge is -2.19. The molecule has 3 nitrogen and oxygen atoms in total. The summed E-state index contributed by atoms with van der Waals surface area (Å²) in [6.45, 7) is 0. The van der Waals surface area contributed by atoms with Crippen molar-refractivity contribution in [2.45, 2.75) is 6.10 Å². The fourth-order valence-corrected chi connectivity index (χ4v) is 3.01. The molecule has 0 radical (unpaired) electrons. The molecule has 1 heterocycles. The molecule has 0 amide bonds. The number of carbonyl (C=O) groups is 1. The van der Waals surface area contributed by atoms with E-state index < -0.39 is 6.10 Å². The van der Waals surface area contributed by atoms with Crippen LogP contribution in [0, 0.1) is 0 Å². The van der Waals surface area contributed by atoms with Crippen LogP contribution in [0.15, 0.2) is 97.2 Å². The van der Waals surface area contributed by atoms with Crippen LogP contribution < -0.4 is 0 Å². The lowest BCUT2D eigenvalue weighted by atomic mass is 10.0. The molecule has 4 rings (SSSR count). The van der Waals surface area contributed by atoms with Gasteiger partial charge in [-0.25, -0.2) is 4.79 Å². The molecule has 0 spiro atoms. The molecule has 0 N–H and O–H groups in total. The molecule has 0 saturated heterocycles. The second-order valence-electron chi connectivity index (χ2n) is 5.98. The number of ether oxygens (including phenoxy) is 1. The highest BCUT2D eigenvalue weighted by atomic mass is 16.5. The Labute approximate surface area is 151 Å². The molecule has 126 valence electrons. The number of rotatable bonds is 4. The third kappa shape index (κ3) is 3.20. The third-order valence-corrected chi connectivity index (χ3v) is 4.29. The van der Waals surface area contributed by atoms with Crippen molar-refractivity contribution in [2.75, 3.05) is 0 Å². The van der Waals surface area contributed by atoms with Gasteiger partial charge in [0.05, 0.1) is 11.3 Å². The van der Waals surface area contributed by atoms with E-state index in [-0.39, 0.29) is 5.97 Å². The minimum atomic E-state index is -0.574. The first-order valence-corrected chi connectivity index (χ1v) is 8.47. The minimum absolute atomic E-state index is 0.366. The highest BCUT2D eigenvalue weighted by Crippen LogP contribution is 2.30. The van der Waals surface area contributed by atoms with E-state index >= 15 is 0 Å². The van der Waals surface area contributed by atoms with E-state index in [1.165, 1.54) is 0 Å². The predicted octanol–water partition coefficient (Wildman–Crippen LogP) is 5.18. The molecule has 0 saturated carbocycles. The van der Waals surface area contributed by atoms with Crippen LogP contribution >= 0.6 is 0 Å². The van der Waals surface area contributed by atoms with Crippen LogP contribution in [-0.2, 0) is 4.74 Å². The van der Waals surface area contributed by atoms with E-state index in [0.717, 1.165) is 22.0 Å². The van der Waals surface area contributed by atoms with Crippen molar-refractivity contribution in [3.05, 3.63) is 114 Å². The zero-order valence-corrected chi connectivity index (χ0v) is 14.1. The summed E-state index contributed by atoms with van der Waals surface area (Å²) >= 11 is 0. The molecule has 1 aromatic heterocycles. The van der Waals surface area contributed by atoms with Gasteiger partial charge in [-0.1, -0.05) is 72.8 Å². The summed E-state index contributed by atoms with van der Waals surface area (Å²) in [5, 5.41) is 2.04. The van der Waals surface area contributed by atoms with Gasteiger partial charge in [0, 0.05) is 11.6 Å². The highest BCUT2D eigenvalue weighted by Gasteiger charge is 2.23. The van der Waals surface area contributed by atoms with Crippen molar-refractivity contribution in [3.8, 4) is 0 Å². The molecule has 0 aliphatic heterocycles. The van der Waals surface area contributed by atoms with Crippen molar-refractivity contribution < 1.29 is 9.53 Å². The van der Waals surface area contributed by atoms with E-state index in [0.29, 0.717) is 5.56 Å². The first-order chi connectivity index (χ1) is 12.8. The Morgan fingerprint density at radius 2 is 1.42 bits per heavy atom. The van der Waals surface area contributed by atoms with Crippen molar-refractivity contribution in [3.63, 3.8) is 0 Å². The van der Waals surface area contributed by atoms with Crippen molar-refractivity contribution in [1.82, 2.24) is 4.98 Å². The van der Waals surface area contributed by atoms with Crippen molar-refractivity contribution in [1.29, 1.82) is 0 Å². The molecular weight excluding hydrogens is 322 g/mol. The normalized spacial score (nSPS) is 11.8. The minimum Gasteiger partial charge on any atom is -0.447 e. The topological polar surface area (TPSA) is 39.2 Å². The summed E-state index contributed by atoms with van der Waals surface area (Å²) in [5.41, 5.74) is 2.15. The van der Waals surface area contributed by atoms with Gasteiger partial charge in [0.25, 0.3) is 0 Å². The van der Waals surface area contributed by atoms with Gasteiger partial charge < -0.3 is 4.74 Å². The zero-order chi connectivity index (χ0) is 17.8. The monoisotopic (exact) mass is 339 g/mol. The van der Waals surface area contributed by atoms with E-state index in [4.69, 9.17) is 4.74 Å². The smallest absolute Gasteiger partial charge is 0.339 e. The molecule has 0 unspecified atom stereocenters. The van der Waals surface area contributed by atoms with Gasteiger partial charge in [0.1, 0.15) is 0 Å². The van der Waals surface area contributed by atoms with Gasteiger partial charge in [-0.15, -0.1) is 0 Å². The summed E-state index contributed by atoms with van der Waals surface area (Å²) in [4.78, 5) is 17.2. The number of benzene rings is 3. The number of pyridine rings is 1. The molecule has 1 atom stereocenters. The SMILES string of the molecule is O=C(O[C@H](c1ccccc1)c1nccc2ccccc12)c1ccccc1.